The third-order valence-electron chi connectivity index (χ3n) is 2.46. The summed E-state index contributed by atoms with van der Waals surface area (Å²) in [6.45, 7) is 0. The zero-order valence-corrected chi connectivity index (χ0v) is 9.40. The molecule has 2 rings (SSSR count). The topological polar surface area (TPSA) is 49.7 Å². The Balaban J connectivity index is 2.84. The van der Waals surface area contributed by atoms with E-state index in [2.05, 4.69) is 0 Å². The largest absolute Gasteiger partial charge is 0.496 e. The van der Waals surface area contributed by atoms with Gasteiger partial charge in [-0.3, -0.25) is 0 Å². The van der Waals surface area contributed by atoms with Gasteiger partial charge < -0.3 is 14.8 Å². The maximum atomic E-state index is 9.22. The van der Waals surface area contributed by atoms with Crippen LogP contribution in [-0.2, 0) is 0 Å². The van der Waals surface area contributed by atoms with Crippen molar-refractivity contribution < 1.29 is 14.8 Å². The third kappa shape index (κ3) is 1.75. The van der Waals surface area contributed by atoms with Crippen LogP contribution >= 0.6 is 11.6 Å². The van der Waals surface area contributed by atoms with Gasteiger partial charge in [-0.1, -0.05) is 35.9 Å². The number of halogens is 1. The Hall–Kier alpha value is -1.23. The van der Waals surface area contributed by atoms with Crippen molar-refractivity contribution in [2.75, 3.05) is 7.11 Å². The highest BCUT2D eigenvalue weighted by Gasteiger charge is 2.19. The molecular weight excluding hydrogens is 226 g/mol. The number of hydrogen-bond donors (Lipinski definition) is 2. The van der Waals surface area contributed by atoms with Crippen LogP contribution in [0.3, 0.4) is 0 Å². The van der Waals surface area contributed by atoms with E-state index >= 15 is 0 Å². The minimum atomic E-state index is -1.57. The molecule has 3 nitrogen and oxygen atoms in total. The minimum absolute atomic E-state index is 0.308. The van der Waals surface area contributed by atoms with Crippen molar-refractivity contribution in [3.05, 3.63) is 35.4 Å². The van der Waals surface area contributed by atoms with Gasteiger partial charge in [-0.05, 0) is 11.5 Å². The highest BCUT2D eigenvalue weighted by molar-refractivity contribution is 6.60. The van der Waals surface area contributed by atoms with Crippen LogP contribution < -0.4 is 10.2 Å². The lowest BCUT2D eigenvalue weighted by Crippen LogP contribution is -2.31. The fraction of sp³-hybridized carbons (Fsp3) is 0.0909. The number of hydrogen-bond acceptors (Lipinski definition) is 3. The molecule has 16 heavy (non-hydrogen) atoms. The minimum Gasteiger partial charge on any atom is -0.496 e. The lowest BCUT2D eigenvalue weighted by Gasteiger charge is -2.12. The molecule has 0 aliphatic rings. The van der Waals surface area contributed by atoms with Gasteiger partial charge in [0.25, 0.3) is 0 Å². The maximum absolute atomic E-state index is 9.22. The summed E-state index contributed by atoms with van der Waals surface area (Å²) in [7, 11) is -0.0973. The van der Waals surface area contributed by atoms with Crippen molar-refractivity contribution in [1.82, 2.24) is 0 Å². The zero-order chi connectivity index (χ0) is 11.7. The molecule has 0 saturated heterocycles. The van der Waals surface area contributed by atoms with Crippen LogP contribution in [-0.4, -0.2) is 24.3 Å². The summed E-state index contributed by atoms with van der Waals surface area (Å²) in [5.74, 6) is 0.401. The molecule has 2 aromatic carbocycles. The molecule has 0 atom stereocenters. The molecule has 0 amide bonds. The van der Waals surface area contributed by atoms with E-state index in [4.69, 9.17) is 16.3 Å². The van der Waals surface area contributed by atoms with Crippen LogP contribution in [0.2, 0.25) is 5.02 Å². The summed E-state index contributed by atoms with van der Waals surface area (Å²) in [5.41, 5.74) is 0.308. The van der Waals surface area contributed by atoms with Crippen molar-refractivity contribution in [2.45, 2.75) is 0 Å². The molecule has 0 fully saturated rings. The van der Waals surface area contributed by atoms with Crippen LogP contribution in [0.1, 0.15) is 0 Å². The smallest absolute Gasteiger partial charge is 0.492 e. The zero-order valence-electron chi connectivity index (χ0n) is 8.64. The highest BCUT2D eigenvalue weighted by atomic mass is 35.5. The SMILES string of the molecule is COc1c(B(O)O)ccc2cccc(Cl)c12. The van der Waals surface area contributed by atoms with Gasteiger partial charge in [0.15, 0.2) is 0 Å². The van der Waals surface area contributed by atoms with E-state index in [1.807, 2.05) is 12.1 Å². The molecule has 0 unspecified atom stereocenters. The molecule has 0 aliphatic carbocycles. The maximum Gasteiger partial charge on any atom is 0.492 e. The molecule has 5 heteroatoms. The first-order chi connectivity index (χ1) is 7.65. The second-order valence-corrected chi connectivity index (χ2v) is 3.81. The van der Waals surface area contributed by atoms with Gasteiger partial charge in [-0.25, -0.2) is 0 Å². The predicted octanol–water partition coefficient (Wildman–Crippen LogP) is 1.18. The number of methoxy groups -OCH3 is 1. The van der Waals surface area contributed by atoms with Gasteiger partial charge in [0.05, 0.1) is 12.1 Å². The lowest BCUT2D eigenvalue weighted by atomic mass is 9.78. The molecule has 0 radical (unpaired) electrons. The van der Waals surface area contributed by atoms with E-state index in [0.717, 1.165) is 5.39 Å². The standard InChI is InChI=1S/C11H10BClO3/c1-16-11-8(12(14)15)6-5-7-3-2-4-9(13)10(7)11/h2-6,14-15H,1H3. The van der Waals surface area contributed by atoms with Crippen molar-refractivity contribution in [2.24, 2.45) is 0 Å². The molecular formula is C11H10BClO3. The van der Waals surface area contributed by atoms with E-state index in [-0.39, 0.29) is 0 Å². The molecule has 0 heterocycles. The van der Waals surface area contributed by atoms with E-state index in [9.17, 15) is 10.0 Å². The molecule has 2 N–H and O–H groups in total. The summed E-state index contributed by atoms with van der Waals surface area (Å²) in [6.07, 6.45) is 0. The Morgan fingerprint density at radius 2 is 1.94 bits per heavy atom. The first-order valence-electron chi connectivity index (χ1n) is 4.76. The van der Waals surface area contributed by atoms with Crippen LogP contribution in [0.5, 0.6) is 5.75 Å². The van der Waals surface area contributed by atoms with E-state index in [1.54, 1.807) is 18.2 Å². The normalized spacial score (nSPS) is 10.5. The highest BCUT2D eigenvalue weighted by Crippen LogP contribution is 2.30. The second kappa shape index (κ2) is 4.33. The van der Waals surface area contributed by atoms with Crippen molar-refractivity contribution in [1.29, 1.82) is 0 Å². The van der Waals surface area contributed by atoms with Crippen molar-refractivity contribution in [3.8, 4) is 5.75 Å². The second-order valence-electron chi connectivity index (χ2n) is 3.40. The first-order valence-corrected chi connectivity index (χ1v) is 5.14. The molecule has 2 aromatic rings. The van der Waals surface area contributed by atoms with E-state index < -0.39 is 7.12 Å². The number of rotatable bonds is 2. The lowest BCUT2D eigenvalue weighted by molar-refractivity contribution is 0.406. The first kappa shape index (κ1) is 11.3. The molecule has 0 saturated carbocycles. The average Bonchev–Trinajstić information content (AvgIpc) is 2.27. The van der Waals surface area contributed by atoms with Crippen LogP contribution in [0.15, 0.2) is 30.3 Å². The summed E-state index contributed by atoms with van der Waals surface area (Å²) < 4.78 is 5.20. The molecule has 0 aromatic heterocycles. The Kier molecular flexibility index (Phi) is 3.05. The van der Waals surface area contributed by atoms with Crippen LogP contribution in [0, 0.1) is 0 Å². The van der Waals surface area contributed by atoms with Gasteiger partial charge in [-0.2, -0.15) is 0 Å². The Bertz CT molecular complexity index is 528. The fourth-order valence-electron chi connectivity index (χ4n) is 1.74. The Morgan fingerprint density at radius 3 is 2.56 bits per heavy atom. The predicted molar refractivity (Wildman–Crippen MR) is 65.3 cm³/mol. The van der Waals surface area contributed by atoms with Crippen molar-refractivity contribution in [3.63, 3.8) is 0 Å². The van der Waals surface area contributed by atoms with E-state index in [0.29, 0.717) is 21.6 Å². The fourth-order valence-corrected chi connectivity index (χ4v) is 2.01. The van der Waals surface area contributed by atoms with Gasteiger partial charge in [-0.15, -0.1) is 0 Å². The quantitative estimate of drug-likeness (QED) is 0.770. The summed E-state index contributed by atoms with van der Waals surface area (Å²) in [6, 6.07) is 8.84. The monoisotopic (exact) mass is 236 g/mol. The van der Waals surface area contributed by atoms with Crippen molar-refractivity contribution >= 4 is 35.0 Å². The molecule has 82 valence electrons. The third-order valence-corrected chi connectivity index (χ3v) is 2.77. The van der Waals surface area contributed by atoms with Crippen LogP contribution in [0.25, 0.3) is 10.8 Å². The summed E-state index contributed by atoms with van der Waals surface area (Å²) in [4.78, 5) is 0. The summed E-state index contributed by atoms with van der Waals surface area (Å²) >= 11 is 6.07. The van der Waals surface area contributed by atoms with Gasteiger partial charge >= 0.3 is 7.12 Å². The van der Waals surface area contributed by atoms with Crippen LogP contribution in [0.4, 0.5) is 0 Å². The Morgan fingerprint density at radius 1 is 1.19 bits per heavy atom. The van der Waals surface area contributed by atoms with Gasteiger partial charge in [0, 0.05) is 10.8 Å². The number of ether oxygens (including phenoxy) is 1. The Labute approximate surface area is 98.4 Å². The summed E-state index contributed by atoms with van der Waals surface area (Å²) in [5, 5.41) is 20.6. The number of fused-ring (bicyclic) bond motifs is 1. The van der Waals surface area contributed by atoms with Gasteiger partial charge in [0.1, 0.15) is 5.75 Å². The number of benzene rings is 2. The van der Waals surface area contributed by atoms with E-state index in [1.165, 1.54) is 7.11 Å². The van der Waals surface area contributed by atoms with Gasteiger partial charge in [0.2, 0.25) is 0 Å². The molecule has 0 bridgehead atoms. The molecule has 0 spiro atoms. The average molecular weight is 236 g/mol. The molecule has 0 aliphatic heterocycles.